The summed E-state index contributed by atoms with van der Waals surface area (Å²) in [7, 11) is 1.84. The van der Waals surface area contributed by atoms with E-state index in [0.29, 0.717) is 0 Å². The van der Waals surface area contributed by atoms with Gasteiger partial charge in [0.25, 0.3) is 0 Å². The van der Waals surface area contributed by atoms with Gasteiger partial charge in [-0.2, -0.15) is 0 Å². The maximum absolute atomic E-state index is 11.6. The smallest absolute Gasteiger partial charge is 0.471 e. The van der Waals surface area contributed by atoms with E-state index < -0.39 is 19.3 Å². The molecule has 0 unspecified atom stereocenters. The second-order valence-electron chi connectivity index (χ2n) is 5.32. The third kappa shape index (κ3) is 5.76. The van der Waals surface area contributed by atoms with Crippen LogP contribution in [0.1, 0.15) is 11.1 Å². The van der Waals surface area contributed by atoms with Gasteiger partial charge in [0.05, 0.1) is 13.1 Å². The Morgan fingerprint density at radius 2 is 1.74 bits per heavy atom. The van der Waals surface area contributed by atoms with E-state index in [0.717, 1.165) is 5.56 Å². The number of likely N-dealkylation sites (N-methyl/N-ethyl adjacent to an activating group) is 1. The van der Waals surface area contributed by atoms with Gasteiger partial charge in [-0.25, -0.2) is 4.76 Å². The molecule has 1 aliphatic rings. The number of carbonyl (C=O) groups is 2. The zero-order valence-electron chi connectivity index (χ0n) is 13.4. The van der Waals surface area contributed by atoms with Crippen molar-refractivity contribution in [3.05, 3.63) is 41.6 Å². The molecule has 0 spiro atoms. The van der Waals surface area contributed by atoms with Gasteiger partial charge in [-0.3, -0.25) is 19.6 Å². The fourth-order valence-corrected chi connectivity index (χ4v) is 1.89. The molecule has 0 amide bonds. The van der Waals surface area contributed by atoms with Crippen LogP contribution in [0.2, 0.25) is 0 Å². The summed E-state index contributed by atoms with van der Waals surface area (Å²) in [6.45, 7) is 2.01. The molecule has 2 rings (SSSR count). The van der Waals surface area contributed by atoms with E-state index in [2.05, 4.69) is 0 Å². The van der Waals surface area contributed by atoms with E-state index in [1.807, 2.05) is 37.3 Å². The average Bonchev–Trinajstić information content (AvgIpc) is 2.44. The van der Waals surface area contributed by atoms with Crippen molar-refractivity contribution in [1.29, 1.82) is 0 Å². The highest BCUT2D eigenvalue weighted by molar-refractivity contribution is 6.41. The first-order chi connectivity index (χ1) is 10.9. The molecule has 1 fully saturated rings. The Morgan fingerprint density at radius 3 is 2.30 bits per heavy atom. The minimum atomic E-state index is -1.39. The van der Waals surface area contributed by atoms with Crippen LogP contribution in [0.15, 0.2) is 30.5 Å². The van der Waals surface area contributed by atoms with E-state index in [-0.39, 0.29) is 13.1 Å². The third-order valence-electron chi connectivity index (χ3n) is 3.06. The maximum Gasteiger partial charge on any atom is 0.814 e. The highest BCUT2D eigenvalue weighted by atomic mass is 16.8. The highest BCUT2D eigenvalue weighted by Crippen LogP contribution is 2.07. The van der Waals surface area contributed by atoms with Gasteiger partial charge in [0, 0.05) is 13.2 Å². The Labute approximate surface area is 135 Å². The largest absolute Gasteiger partial charge is 0.814 e. The molecule has 1 aromatic rings. The lowest BCUT2D eigenvalue weighted by molar-refractivity contribution is -0.154. The highest BCUT2D eigenvalue weighted by Gasteiger charge is 2.36. The fourth-order valence-electron chi connectivity index (χ4n) is 1.89. The van der Waals surface area contributed by atoms with Crippen molar-refractivity contribution in [2.75, 3.05) is 27.2 Å². The van der Waals surface area contributed by atoms with Crippen molar-refractivity contribution in [3.63, 3.8) is 0 Å². The zero-order chi connectivity index (χ0) is 16.8. The number of hydroxylamine groups is 2. The second kappa shape index (κ2) is 7.80. The van der Waals surface area contributed by atoms with Crippen LogP contribution in [0.4, 0.5) is 0 Å². The van der Waals surface area contributed by atoms with E-state index >= 15 is 0 Å². The van der Waals surface area contributed by atoms with Crippen LogP contribution in [0.3, 0.4) is 0 Å². The Morgan fingerprint density at radius 1 is 1.17 bits per heavy atom. The molecule has 23 heavy (non-hydrogen) atoms. The average molecular weight is 318 g/mol. The van der Waals surface area contributed by atoms with Gasteiger partial charge in [-0.15, -0.1) is 0 Å². The first-order valence-corrected chi connectivity index (χ1v) is 7.14. The predicted octanol–water partition coefficient (Wildman–Crippen LogP) is 0.846. The molecule has 0 aliphatic carbocycles. The number of hydrogen-bond donors (Lipinski definition) is 0. The third-order valence-corrected chi connectivity index (χ3v) is 3.06. The van der Waals surface area contributed by atoms with Crippen LogP contribution in [-0.4, -0.2) is 56.4 Å². The zero-order valence-corrected chi connectivity index (χ0v) is 13.4. The van der Waals surface area contributed by atoms with Crippen molar-refractivity contribution in [2.45, 2.75) is 6.92 Å². The Balaban J connectivity index is 1.92. The van der Waals surface area contributed by atoms with Crippen LogP contribution in [0, 0.1) is 6.92 Å². The topological polar surface area (TPSA) is 68.3 Å². The molecule has 1 aliphatic heterocycles. The molecule has 0 radical (unpaired) electrons. The molecule has 8 heteroatoms. The number of nitrogens with zero attached hydrogens (tertiary/aromatic N) is 2. The van der Waals surface area contributed by atoms with Gasteiger partial charge in [0.15, 0.2) is 0 Å². The second-order valence-corrected chi connectivity index (χ2v) is 5.32. The van der Waals surface area contributed by atoms with Gasteiger partial charge >= 0.3 is 19.3 Å². The summed E-state index contributed by atoms with van der Waals surface area (Å²) in [5, 5.41) is 1.32. The Kier molecular flexibility index (Phi) is 5.78. The van der Waals surface area contributed by atoms with E-state index in [1.54, 1.807) is 20.3 Å². The number of benzene rings is 1. The summed E-state index contributed by atoms with van der Waals surface area (Å²) >= 11 is 0. The van der Waals surface area contributed by atoms with Crippen molar-refractivity contribution < 1.29 is 23.7 Å². The van der Waals surface area contributed by atoms with Gasteiger partial charge < -0.3 is 9.31 Å². The SMILES string of the molecule is Cc1ccc(/C=C/N(C)OB2OC(=O)CN(C)CC(=O)O2)cc1. The summed E-state index contributed by atoms with van der Waals surface area (Å²) in [6.07, 6.45) is 3.46. The number of hydrogen-bond acceptors (Lipinski definition) is 7. The molecular formula is C15H19BN2O5. The summed E-state index contributed by atoms with van der Waals surface area (Å²) in [5.41, 5.74) is 2.16. The molecule has 1 aromatic carbocycles. The van der Waals surface area contributed by atoms with E-state index in [4.69, 9.17) is 14.1 Å². The number of aryl methyl sites for hydroxylation is 1. The summed E-state index contributed by atoms with van der Waals surface area (Å²) in [6, 6.07) is 7.92. The van der Waals surface area contributed by atoms with Crippen LogP contribution in [-0.2, 0) is 23.7 Å². The molecule has 1 saturated heterocycles. The van der Waals surface area contributed by atoms with Crippen LogP contribution >= 0.6 is 0 Å². The molecule has 0 N–H and O–H groups in total. The minimum Gasteiger partial charge on any atom is -0.471 e. The summed E-state index contributed by atoms with van der Waals surface area (Å²) in [5.74, 6) is -1.05. The van der Waals surface area contributed by atoms with Crippen molar-refractivity contribution in [1.82, 2.24) is 9.96 Å². The molecule has 1 heterocycles. The van der Waals surface area contributed by atoms with Gasteiger partial charge in [0.2, 0.25) is 0 Å². The molecule has 122 valence electrons. The molecule has 0 bridgehead atoms. The maximum atomic E-state index is 11.6. The molecule has 0 atom stereocenters. The van der Waals surface area contributed by atoms with Crippen LogP contribution in [0.25, 0.3) is 6.08 Å². The lowest BCUT2D eigenvalue weighted by Gasteiger charge is -2.23. The fraction of sp³-hybridized carbons (Fsp3) is 0.333. The molecule has 0 saturated carbocycles. The van der Waals surface area contributed by atoms with Crippen molar-refractivity contribution in [2.24, 2.45) is 0 Å². The first kappa shape index (κ1) is 17.0. The Bertz CT molecular complexity index is 570. The first-order valence-electron chi connectivity index (χ1n) is 7.14. The summed E-state index contributed by atoms with van der Waals surface area (Å²) in [4.78, 5) is 24.7. The van der Waals surface area contributed by atoms with Crippen LogP contribution < -0.4 is 0 Å². The van der Waals surface area contributed by atoms with E-state index in [1.165, 1.54) is 15.5 Å². The standard InChI is InChI=1S/C15H19BN2O5/c1-12-4-6-13(7-5-12)8-9-18(3)23-16-21-14(19)10-17(2)11-15(20)22-16/h4-9H,10-11H2,1-3H3/b9-8+. The van der Waals surface area contributed by atoms with Gasteiger partial charge in [-0.1, -0.05) is 29.8 Å². The van der Waals surface area contributed by atoms with Gasteiger partial charge in [-0.05, 0) is 25.6 Å². The predicted molar refractivity (Wildman–Crippen MR) is 84.5 cm³/mol. The molecule has 7 nitrogen and oxygen atoms in total. The van der Waals surface area contributed by atoms with Gasteiger partial charge in [0.1, 0.15) is 0 Å². The monoisotopic (exact) mass is 318 g/mol. The Hall–Kier alpha value is -2.32. The summed E-state index contributed by atoms with van der Waals surface area (Å²) < 4.78 is 15.2. The molecular weight excluding hydrogens is 299 g/mol. The molecule has 0 aromatic heterocycles. The van der Waals surface area contributed by atoms with Crippen LogP contribution in [0.5, 0.6) is 0 Å². The number of rotatable bonds is 4. The normalized spacial score (nSPS) is 16.7. The van der Waals surface area contributed by atoms with Crippen molar-refractivity contribution >= 4 is 25.3 Å². The lowest BCUT2D eigenvalue weighted by Crippen LogP contribution is -2.45. The lowest BCUT2D eigenvalue weighted by atomic mass is 10.1. The van der Waals surface area contributed by atoms with Crippen molar-refractivity contribution in [3.8, 4) is 0 Å². The quantitative estimate of drug-likeness (QED) is 0.602. The minimum absolute atomic E-state index is 0.00210. The van der Waals surface area contributed by atoms with E-state index in [9.17, 15) is 9.59 Å². The number of carbonyl (C=O) groups excluding carboxylic acids is 2.